The molecule has 0 aromatic heterocycles. The van der Waals surface area contributed by atoms with Crippen molar-refractivity contribution in [2.24, 2.45) is 0 Å². The summed E-state index contributed by atoms with van der Waals surface area (Å²) in [5, 5.41) is 16.4. The normalized spacial score (nSPS) is 10.1. The highest BCUT2D eigenvalue weighted by molar-refractivity contribution is 5.76. The van der Waals surface area contributed by atoms with Crippen LogP contribution in [0.3, 0.4) is 0 Å². The molecule has 0 aliphatic heterocycles. The second-order valence-electron chi connectivity index (χ2n) is 5.50. The van der Waals surface area contributed by atoms with Crippen LogP contribution in [0.2, 0.25) is 0 Å². The number of carbonyl (C=O) groups is 1. The molecule has 2 aromatic rings. The number of rotatable bonds is 9. The third kappa shape index (κ3) is 6.50. The van der Waals surface area contributed by atoms with Crippen LogP contribution in [0.25, 0.3) is 0 Å². The predicted molar refractivity (Wildman–Crippen MR) is 95.9 cm³/mol. The Balaban J connectivity index is 1.59. The lowest BCUT2D eigenvalue weighted by molar-refractivity contribution is -0.384. The quantitative estimate of drug-likeness (QED) is 0.415. The summed E-state index contributed by atoms with van der Waals surface area (Å²) in [7, 11) is 0. The number of ether oxygens (including phenoxy) is 1. The van der Waals surface area contributed by atoms with Crippen molar-refractivity contribution in [1.82, 2.24) is 5.32 Å². The molecular weight excluding hydrogens is 322 g/mol. The van der Waals surface area contributed by atoms with Crippen LogP contribution in [0.4, 0.5) is 11.4 Å². The van der Waals surface area contributed by atoms with E-state index in [4.69, 9.17) is 4.74 Å². The average Bonchev–Trinajstić information content (AvgIpc) is 2.59. The Morgan fingerprint density at radius 3 is 2.60 bits per heavy atom. The van der Waals surface area contributed by atoms with E-state index >= 15 is 0 Å². The van der Waals surface area contributed by atoms with Crippen LogP contribution < -0.4 is 15.4 Å². The average molecular weight is 343 g/mol. The van der Waals surface area contributed by atoms with E-state index in [9.17, 15) is 14.9 Å². The molecule has 0 heterocycles. The molecule has 0 radical (unpaired) electrons. The number of nitrogens with zero attached hydrogens (tertiary/aromatic N) is 1. The van der Waals surface area contributed by atoms with Gasteiger partial charge in [-0.2, -0.15) is 0 Å². The molecule has 2 aromatic carbocycles. The number of hydrogen-bond donors (Lipinski definition) is 2. The molecule has 25 heavy (non-hydrogen) atoms. The molecule has 2 rings (SSSR count). The fourth-order valence-electron chi connectivity index (χ4n) is 2.16. The number of aryl methyl sites for hydroxylation is 1. The van der Waals surface area contributed by atoms with E-state index < -0.39 is 4.92 Å². The minimum Gasteiger partial charge on any atom is -0.493 e. The summed E-state index contributed by atoms with van der Waals surface area (Å²) in [5.74, 6) is 0.672. The molecule has 1 amide bonds. The standard InChI is InChI=1S/C18H21N3O4/c1-14-3-2-4-17(13-14)25-12-9-18(22)20-11-10-19-15-5-7-16(8-6-15)21(23)24/h2-8,13,19H,9-12H2,1H3,(H,20,22). The SMILES string of the molecule is Cc1cccc(OCCC(=O)NCCNc2ccc([N+](=O)[O-])cc2)c1. The van der Waals surface area contributed by atoms with Crippen molar-refractivity contribution < 1.29 is 14.5 Å². The Bertz CT molecular complexity index is 717. The van der Waals surface area contributed by atoms with Crippen molar-refractivity contribution in [3.05, 3.63) is 64.2 Å². The summed E-state index contributed by atoms with van der Waals surface area (Å²) in [4.78, 5) is 21.9. The third-order valence-corrected chi connectivity index (χ3v) is 3.44. The van der Waals surface area contributed by atoms with Gasteiger partial charge >= 0.3 is 0 Å². The largest absolute Gasteiger partial charge is 0.493 e. The first-order chi connectivity index (χ1) is 12.0. The molecule has 2 N–H and O–H groups in total. The summed E-state index contributed by atoms with van der Waals surface area (Å²) in [6.07, 6.45) is 0.283. The van der Waals surface area contributed by atoms with Crippen LogP contribution in [0.1, 0.15) is 12.0 Å². The van der Waals surface area contributed by atoms with Crippen LogP contribution in [0.15, 0.2) is 48.5 Å². The molecule has 0 fully saturated rings. The number of hydrogen-bond acceptors (Lipinski definition) is 5. The Hall–Kier alpha value is -3.09. The Morgan fingerprint density at radius 1 is 1.16 bits per heavy atom. The highest BCUT2D eigenvalue weighted by Crippen LogP contribution is 2.15. The molecule has 132 valence electrons. The summed E-state index contributed by atoms with van der Waals surface area (Å²) in [6.45, 7) is 3.30. The predicted octanol–water partition coefficient (Wildman–Crippen LogP) is 2.90. The van der Waals surface area contributed by atoms with E-state index in [0.29, 0.717) is 19.7 Å². The van der Waals surface area contributed by atoms with Gasteiger partial charge in [-0.05, 0) is 36.8 Å². The van der Waals surface area contributed by atoms with Crippen LogP contribution in [-0.2, 0) is 4.79 Å². The zero-order chi connectivity index (χ0) is 18.1. The van der Waals surface area contributed by atoms with Gasteiger partial charge in [0, 0.05) is 30.9 Å². The number of nitro groups is 1. The molecule has 0 bridgehead atoms. The number of anilines is 1. The monoisotopic (exact) mass is 343 g/mol. The third-order valence-electron chi connectivity index (χ3n) is 3.44. The number of amides is 1. The van der Waals surface area contributed by atoms with E-state index in [1.54, 1.807) is 12.1 Å². The Morgan fingerprint density at radius 2 is 1.92 bits per heavy atom. The maximum atomic E-state index is 11.7. The highest BCUT2D eigenvalue weighted by atomic mass is 16.6. The molecule has 0 spiro atoms. The van der Waals surface area contributed by atoms with E-state index in [0.717, 1.165) is 17.0 Å². The van der Waals surface area contributed by atoms with Gasteiger partial charge in [-0.3, -0.25) is 14.9 Å². The molecule has 0 saturated carbocycles. The van der Waals surface area contributed by atoms with E-state index in [-0.39, 0.29) is 18.0 Å². The number of non-ortho nitro benzene ring substituents is 1. The second kappa shape index (κ2) is 9.27. The second-order valence-corrected chi connectivity index (χ2v) is 5.50. The first-order valence-corrected chi connectivity index (χ1v) is 7.99. The van der Waals surface area contributed by atoms with Gasteiger partial charge in [0.25, 0.3) is 5.69 Å². The van der Waals surface area contributed by atoms with Crippen molar-refractivity contribution in [3.8, 4) is 5.75 Å². The summed E-state index contributed by atoms with van der Waals surface area (Å²) >= 11 is 0. The highest BCUT2D eigenvalue weighted by Gasteiger charge is 2.04. The van der Waals surface area contributed by atoms with Gasteiger partial charge in [-0.1, -0.05) is 12.1 Å². The fourth-order valence-corrected chi connectivity index (χ4v) is 2.16. The Kier molecular flexibility index (Phi) is 6.76. The molecule has 0 aliphatic carbocycles. The minimum atomic E-state index is -0.442. The molecular formula is C18H21N3O4. The van der Waals surface area contributed by atoms with Gasteiger partial charge in [-0.15, -0.1) is 0 Å². The zero-order valence-electron chi connectivity index (χ0n) is 14.0. The van der Waals surface area contributed by atoms with Gasteiger partial charge in [-0.25, -0.2) is 0 Å². The van der Waals surface area contributed by atoms with Crippen molar-refractivity contribution in [2.75, 3.05) is 25.0 Å². The lowest BCUT2D eigenvalue weighted by Crippen LogP contribution is -2.29. The van der Waals surface area contributed by atoms with Crippen molar-refractivity contribution >= 4 is 17.3 Å². The number of benzene rings is 2. The van der Waals surface area contributed by atoms with E-state index in [2.05, 4.69) is 10.6 Å². The van der Waals surface area contributed by atoms with Crippen molar-refractivity contribution in [3.63, 3.8) is 0 Å². The maximum Gasteiger partial charge on any atom is 0.269 e. The fraction of sp³-hybridized carbons (Fsp3) is 0.278. The number of carbonyl (C=O) groups excluding carboxylic acids is 1. The molecule has 0 aliphatic rings. The van der Waals surface area contributed by atoms with Crippen molar-refractivity contribution in [2.45, 2.75) is 13.3 Å². The lowest BCUT2D eigenvalue weighted by Gasteiger charge is -2.09. The van der Waals surface area contributed by atoms with Crippen LogP contribution >= 0.6 is 0 Å². The van der Waals surface area contributed by atoms with Gasteiger partial charge in [0.15, 0.2) is 0 Å². The van der Waals surface area contributed by atoms with Gasteiger partial charge in [0.2, 0.25) is 5.91 Å². The number of nitrogens with one attached hydrogen (secondary N) is 2. The van der Waals surface area contributed by atoms with E-state index in [1.807, 2.05) is 31.2 Å². The van der Waals surface area contributed by atoms with Crippen LogP contribution in [0, 0.1) is 17.0 Å². The van der Waals surface area contributed by atoms with Gasteiger partial charge in [0.05, 0.1) is 18.0 Å². The molecule has 7 nitrogen and oxygen atoms in total. The first-order valence-electron chi connectivity index (χ1n) is 7.99. The Labute approximate surface area is 146 Å². The van der Waals surface area contributed by atoms with Crippen LogP contribution in [0.5, 0.6) is 5.75 Å². The smallest absolute Gasteiger partial charge is 0.269 e. The summed E-state index contributed by atoms with van der Waals surface area (Å²) < 4.78 is 5.53. The van der Waals surface area contributed by atoms with Crippen molar-refractivity contribution in [1.29, 1.82) is 0 Å². The molecule has 0 unspecified atom stereocenters. The first kappa shape index (κ1) is 18.3. The minimum absolute atomic E-state index is 0.0486. The lowest BCUT2D eigenvalue weighted by atomic mass is 10.2. The topological polar surface area (TPSA) is 93.5 Å². The molecule has 7 heteroatoms. The van der Waals surface area contributed by atoms with Gasteiger partial charge in [0.1, 0.15) is 5.75 Å². The molecule has 0 saturated heterocycles. The molecule has 0 atom stereocenters. The number of nitro benzene ring substituents is 1. The van der Waals surface area contributed by atoms with E-state index in [1.165, 1.54) is 12.1 Å². The summed E-state index contributed by atoms with van der Waals surface area (Å²) in [5.41, 5.74) is 1.93. The summed E-state index contributed by atoms with van der Waals surface area (Å²) in [6, 6.07) is 13.8. The van der Waals surface area contributed by atoms with Crippen LogP contribution in [-0.4, -0.2) is 30.5 Å². The maximum absolute atomic E-state index is 11.7. The van der Waals surface area contributed by atoms with Gasteiger partial charge < -0.3 is 15.4 Å². The zero-order valence-corrected chi connectivity index (χ0v) is 14.0.